The summed E-state index contributed by atoms with van der Waals surface area (Å²) in [6.07, 6.45) is 1.93. The topological polar surface area (TPSA) is 105 Å². The van der Waals surface area contributed by atoms with Gasteiger partial charge in [0, 0.05) is 19.6 Å². The zero-order valence-electron chi connectivity index (χ0n) is 9.66. The van der Waals surface area contributed by atoms with Crippen molar-refractivity contribution in [1.29, 1.82) is 5.41 Å². The molecule has 4 N–H and O–H groups in total. The molecule has 96 valence electrons. The summed E-state index contributed by atoms with van der Waals surface area (Å²) in [5.74, 6) is 0.132. The Balaban J connectivity index is 3.54. The molecule has 16 heavy (non-hydrogen) atoms. The van der Waals surface area contributed by atoms with Crippen molar-refractivity contribution >= 4 is 15.9 Å². The normalized spacial score (nSPS) is 11.6. The summed E-state index contributed by atoms with van der Waals surface area (Å²) in [7, 11) is -3.21. The van der Waals surface area contributed by atoms with Gasteiger partial charge in [0.25, 0.3) is 0 Å². The summed E-state index contributed by atoms with van der Waals surface area (Å²) < 4.78 is 30.1. The van der Waals surface area contributed by atoms with E-state index in [2.05, 4.69) is 4.72 Å². The number of sulfonamides is 1. The smallest absolute Gasteiger partial charge is 0.213 e. The van der Waals surface area contributed by atoms with E-state index in [9.17, 15) is 8.42 Å². The highest BCUT2D eigenvalue weighted by molar-refractivity contribution is 7.89. The zero-order valence-corrected chi connectivity index (χ0v) is 10.5. The van der Waals surface area contributed by atoms with E-state index < -0.39 is 10.0 Å². The van der Waals surface area contributed by atoms with Gasteiger partial charge in [-0.05, 0) is 19.8 Å². The van der Waals surface area contributed by atoms with Crippen LogP contribution < -0.4 is 10.5 Å². The minimum Gasteiger partial charge on any atom is -0.388 e. The lowest BCUT2D eigenvalue weighted by Crippen LogP contribution is -2.29. The van der Waals surface area contributed by atoms with E-state index in [0.29, 0.717) is 26.0 Å². The first-order valence-corrected chi connectivity index (χ1v) is 7.01. The van der Waals surface area contributed by atoms with E-state index in [1.54, 1.807) is 0 Å². The Hall–Kier alpha value is -0.660. The number of amidine groups is 1. The fraction of sp³-hybridized carbons (Fsp3) is 0.889. The van der Waals surface area contributed by atoms with Crippen molar-refractivity contribution in [3.63, 3.8) is 0 Å². The maximum Gasteiger partial charge on any atom is 0.213 e. The zero-order chi connectivity index (χ0) is 12.4. The molecule has 0 heterocycles. The summed E-state index contributed by atoms with van der Waals surface area (Å²) in [6, 6.07) is 0. The summed E-state index contributed by atoms with van der Waals surface area (Å²) >= 11 is 0. The molecule has 0 bridgehead atoms. The maximum atomic E-state index is 11.3. The highest BCUT2D eigenvalue weighted by atomic mass is 32.2. The van der Waals surface area contributed by atoms with E-state index in [1.165, 1.54) is 0 Å². The Bertz CT molecular complexity index is 290. The predicted molar refractivity (Wildman–Crippen MR) is 64.0 cm³/mol. The number of rotatable bonds is 10. The monoisotopic (exact) mass is 251 g/mol. The Morgan fingerprint density at radius 3 is 2.69 bits per heavy atom. The van der Waals surface area contributed by atoms with Gasteiger partial charge in [-0.25, -0.2) is 13.1 Å². The number of unbranched alkanes of at least 4 members (excludes halogenated alkanes) is 1. The van der Waals surface area contributed by atoms with Crippen molar-refractivity contribution in [3.05, 3.63) is 0 Å². The van der Waals surface area contributed by atoms with Crippen LogP contribution in [0.1, 0.15) is 26.2 Å². The SMILES string of the molecule is CCOCCS(=O)(=O)NCCCCC(=N)N. The van der Waals surface area contributed by atoms with Crippen LogP contribution >= 0.6 is 0 Å². The maximum absolute atomic E-state index is 11.3. The van der Waals surface area contributed by atoms with Gasteiger partial charge in [-0.15, -0.1) is 0 Å². The Morgan fingerprint density at radius 2 is 2.12 bits per heavy atom. The molecule has 0 saturated heterocycles. The molecule has 0 aromatic rings. The second-order valence-electron chi connectivity index (χ2n) is 3.39. The molecule has 0 rings (SSSR count). The second-order valence-corrected chi connectivity index (χ2v) is 5.32. The fourth-order valence-electron chi connectivity index (χ4n) is 1.05. The third kappa shape index (κ3) is 9.88. The number of hydrogen-bond donors (Lipinski definition) is 3. The van der Waals surface area contributed by atoms with Crippen molar-refractivity contribution in [2.24, 2.45) is 5.73 Å². The van der Waals surface area contributed by atoms with Crippen LogP contribution in [0.15, 0.2) is 0 Å². The number of hydrogen-bond acceptors (Lipinski definition) is 4. The minimum absolute atomic E-state index is 0.00640. The third-order valence-corrected chi connectivity index (χ3v) is 3.24. The summed E-state index contributed by atoms with van der Waals surface area (Å²) in [5, 5.41) is 6.99. The largest absolute Gasteiger partial charge is 0.388 e. The van der Waals surface area contributed by atoms with Gasteiger partial charge in [-0.3, -0.25) is 5.41 Å². The lowest BCUT2D eigenvalue weighted by Gasteiger charge is -2.06. The van der Waals surface area contributed by atoms with Crippen molar-refractivity contribution < 1.29 is 13.2 Å². The second kappa shape index (κ2) is 8.49. The van der Waals surface area contributed by atoms with Gasteiger partial charge < -0.3 is 10.5 Å². The number of ether oxygens (including phenoxy) is 1. The van der Waals surface area contributed by atoms with Gasteiger partial charge in [0.05, 0.1) is 18.2 Å². The van der Waals surface area contributed by atoms with E-state index in [0.717, 1.165) is 6.42 Å². The van der Waals surface area contributed by atoms with Crippen LogP contribution in [0.25, 0.3) is 0 Å². The molecule has 0 unspecified atom stereocenters. The van der Waals surface area contributed by atoms with Gasteiger partial charge in [0.2, 0.25) is 10.0 Å². The molecule has 0 saturated carbocycles. The summed E-state index contributed by atoms with van der Waals surface area (Å²) in [6.45, 7) is 2.96. The lowest BCUT2D eigenvalue weighted by atomic mass is 10.2. The van der Waals surface area contributed by atoms with Crippen LogP contribution in [0.2, 0.25) is 0 Å². The number of nitrogens with one attached hydrogen (secondary N) is 2. The molecular weight excluding hydrogens is 230 g/mol. The fourth-order valence-corrected chi connectivity index (χ4v) is 1.99. The van der Waals surface area contributed by atoms with Crippen LogP contribution in [0.5, 0.6) is 0 Å². The van der Waals surface area contributed by atoms with Crippen molar-refractivity contribution in [2.75, 3.05) is 25.5 Å². The molecule has 0 radical (unpaired) electrons. The molecule has 0 atom stereocenters. The molecule has 6 nitrogen and oxygen atoms in total. The van der Waals surface area contributed by atoms with Gasteiger partial charge >= 0.3 is 0 Å². The molecule has 0 aliphatic rings. The minimum atomic E-state index is -3.21. The average Bonchev–Trinajstić information content (AvgIpc) is 2.16. The van der Waals surface area contributed by atoms with Crippen LogP contribution in [-0.2, 0) is 14.8 Å². The van der Waals surface area contributed by atoms with Gasteiger partial charge in [0.1, 0.15) is 0 Å². The van der Waals surface area contributed by atoms with E-state index in [4.69, 9.17) is 15.9 Å². The summed E-state index contributed by atoms with van der Waals surface area (Å²) in [5.41, 5.74) is 5.17. The van der Waals surface area contributed by atoms with E-state index >= 15 is 0 Å². The standard InChI is InChI=1S/C9H21N3O3S/c1-2-15-7-8-16(13,14)12-6-4-3-5-9(10)11/h12H,2-8H2,1H3,(H3,10,11). The summed E-state index contributed by atoms with van der Waals surface area (Å²) in [4.78, 5) is 0. The number of nitrogens with two attached hydrogens (primary N) is 1. The Kier molecular flexibility index (Phi) is 8.14. The Labute approximate surface area is 97.1 Å². The first-order chi connectivity index (χ1) is 7.48. The lowest BCUT2D eigenvalue weighted by molar-refractivity contribution is 0.163. The van der Waals surface area contributed by atoms with Crippen molar-refractivity contribution in [1.82, 2.24) is 4.72 Å². The predicted octanol–water partition coefficient (Wildman–Crippen LogP) is 0.0486. The Morgan fingerprint density at radius 1 is 1.44 bits per heavy atom. The molecule has 0 spiro atoms. The van der Waals surface area contributed by atoms with E-state index in [-0.39, 0.29) is 18.2 Å². The van der Waals surface area contributed by atoms with Gasteiger partial charge in [-0.2, -0.15) is 0 Å². The molecule has 0 aromatic heterocycles. The van der Waals surface area contributed by atoms with E-state index in [1.807, 2.05) is 6.92 Å². The molecule has 0 aliphatic heterocycles. The highest BCUT2D eigenvalue weighted by Gasteiger charge is 2.08. The molecule has 0 amide bonds. The first-order valence-electron chi connectivity index (χ1n) is 5.36. The van der Waals surface area contributed by atoms with Crippen LogP contribution in [-0.4, -0.2) is 39.8 Å². The van der Waals surface area contributed by atoms with Crippen molar-refractivity contribution in [3.8, 4) is 0 Å². The van der Waals surface area contributed by atoms with Crippen molar-refractivity contribution in [2.45, 2.75) is 26.2 Å². The quantitative estimate of drug-likeness (QED) is 0.290. The molecule has 7 heteroatoms. The van der Waals surface area contributed by atoms with Crippen LogP contribution in [0.3, 0.4) is 0 Å². The van der Waals surface area contributed by atoms with Gasteiger partial charge in [0.15, 0.2) is 0 Å². The average molecular weight is 251 g/mol. The molecule has 0 aliphatic carbocycles. The molecule has 0 aromatic carbocycles. The molecule has 0 fully saturated rings. The first kappa shape index (κ1) is 15.3. The third-order valence-electron chi connectivity index (χ3n) is 1.90. The molecular formula is C9H21N3O3S. The van der Waals surface area contributed by atoms with Crippen LogP contribution in [0.4, 0.5) is 0 Å². The van der Waals surface area contributed by atoms with Crippen LogP contribution in [0, 0.1) is 5.41 Å². The highest BCUT2D eigenvalue weighted by Crippen LogP contribution is 1.94. The van der Waals surface area contributed by atoms with Gasteiger partial charge in [-0.1, -0.05) is 0 Å².